The third-order valence-electron chi connectivity index (χ3n) is 2.10. The van der Waals surface area contributed by atoms with Gasteiger partial charge in [0.05, 0.1) is 5.69 Å². The predicted molar refractivity (Wildman–Crippen MR) is 66.9 cm³/mol. The van der Waals surface area contributed by atoms with E-state index in [0.29, 0.717) is 0 Å². The van der Waals surface area contributed by atoms with Crippen molar-refractivity contribution in [2.24, 2.45) is 0 Å². The number of aromatic carboxylic acids is 1. The number of benzene rings is 1. The zero-order chi connectivity index (χ0) is 11.7. The molecule has 0 saturated heterocycles. The minimum Gasteiger partial charge on any atom is -0.476 e. The Hall–Kier alpha value is -1.20. The summed E-state index contributed by atoms with van der Waals surface area (Å²) in [6.45, 7) is 1.88. The lowest BCUT2D eigenvalue weighted by Gasteiger charge is -1.98. The Balaban J connectivity index is 2.47. The maximum Gasteiger partial charge on any atom is 0.365 e. The van der Waals surface area contributed by atoms with Crippen LogP contribution in [-0.4, -0.2) is 16.1 Å². The van der Waals surface area contributed by atoms with Crippen LogP contribution in [0, 0.1) is 6.92 Å². The highest BCUT2D eigenvalue weighted by Gasteiger charge is 2.14. The molecule has 0 aliphatic carbocycles. The van der Waals surface area contributed by atoms with Gasteiger partial charge in [-0.05, 0) is 19.1 Å². The molecule has 1 aromatic heterocycles. The van der Waals surface area contributed by atoms with Gasteiger partial charge in [0.25, 0.3) is 0 Å². The van der Waals surface area contributed by atoms with Crippen molar-refractivity contribution in [2.45, 2.75) is 6.92 Å². The zero-order valence-corrected chi connectivity index (χ0v) is 10.8. The van der Waals surface area contributed by atoms with Crippen molar-refractivity contribution in [3.8, 4) is 11.3 Å². The molecule has 0 spiro atoms. The average molecular weight is 298 g/mol. The second-order valence-corrected chi connectivity index (χ2v) is 5.35. The number of aromatic nitrogens is 1. The van der Waals surface area contributed by atoms with Gasteiger partial charge in [-0.1, -0.05) is 28.1 Å². The molecule has 16 heavy (non-hydrogen) atoms. The third-order valence-corrected chi connectivity index (χ3v) is 3.58. The number of carboxylic acid groups (broad SMARTS) is 1. The highest BCUT2D eigenvalue weighted by Crippen LogP contribution is 2.28. The first-order valence-corrected chi connectivity index (χ1v) is 6.15. The van der Waals surface area contributed by atoms with Gasteiger partial charge in [-0.15, -0.1) is 11.3 Å². The van der Waals surface area contributed by atoms with Crippen LogP contribution in [0.25, 0.3) is 11.3 Å². The summed E-state index contributed by atoms with van der Waals surface area (Å²) in [4.78, 5) is 15.8. The van der Waals surface area contributed by atoms with Crippen LogP contribution < -0.4 is 0 Å². The van der Waals surface area contributed by atoms with Crippen LogP contribution in [0.1, 0.15) is 14.7 Å². The van der Waals surface area contributed by atoms with Crippen molar-refractivity contribution < 1.29 is 9.90 Å². The highest BCUT2D eigenvalue weighted by molar-refractivity contribution is 9.10. The third kappa shape index (κ3) is 2.15. The van der Waals surface area contributed by atoms with Crippen LogP contribution in [0.4, 0.5) is 0 Å². The van der Waals surface area contributed by atoms with Crippen molar-refractivity contribution in [3.05, 3.63) is 38.6 Å². The lowest BCUT2D eigenvalue weighted by molar-refractivity contribution is 0.0696. The molecule has 82 valence electrons. The number of halogens is 1. The van der Waals surface area contributed by atoms with Crippen molar-refractivity contribution >= 4 is 33.2 Å². The van der Waals surface area contributed by atoms with Crippen molar-refractivity contribution in [1.82, 2.24) is 4.98 Å². The van der Waals surface area contributed by atoms with E-state index in [1.165, 1.54) is 11.3 Å². The Kier molecular flexibility index (Phi) is 3.07. The Labute approximate surface area is 105 Å². The average Bonchev–Trinajstić information content (AvgIpc) is 2.62. The van der Waals surface area contributed by atoms with Gasteiger partial charge in [0.1, 0.15) is 0 Å². The van der Waals surface area contributed by atoms with Crippen molar-refractivity contribution in [1.29, 1.82) is 0 Å². The smallest absolute Gasteiger partial charge is 0.365 e. The molecule has 0 aliphatic heterocycles. The predicted octanol–water partition coefficient (Wildman–Crippen LogP) is 3.58. The molecule has 2 rings (SSSR count). The summed E-state index contributed by atoms with van der Waals surface area (Å²) >= 11 is 4.55. The summed E-state index contributed by atoms with van der Waals surface area (Å²) in [6, 6.07) is 7.65. The van der Waals surface area contributed by atoms with E-state index in [4.69, 9.17) is 5.11 Å². The summed E-state index contributed by atoms with van der Waals surface area (Å²) in [6.07, 6.45) is 0. The van der Waals surface area contributed by atoms with Gasteiger partial charge >= 0.3 is 5.97 Å². The monoisotopic (exact) mass is 297 g/mol. The number of carboxylic acids is 1. The molecule has 0 fully saturated rings. The van der Waals surface area contributed by atoms with E-state index < -0.39 is 5.97 Å². The van der Waals surface area contributed by atoms with Gasteiger partial charge in [-0.3, -0.25) is 0 Å². The molecule has 0 atom stereocenters. The molecule has 0 aliphatic rings. The van der Waals surface area contributed by atoms with E-state index in [-0.39, 0.29) is 5.01 Å². The normalized spacial score (nSPS) is 10.4. The molecule has 0 unspecified atom stereocenters. The van der Waals surface area contributed by atoms with E-state index in [1.807, 2.05) is 31.2 Å². The largest absolute Gasteiger partial charge is 0.476 e. The van der Waals surface area contributed by atoms with Crippen LogP contribution in [-0.2, 0) is 0 Å². The lowest BCUT2D eigenvalue weighted by atomic mass is 10.1. The fourth-order valence-electron chi connectivity index (χ4n) is 1.36. The summed E-state index contributed by atoms with van der Waals surface area (Å²) in [7, 11) is 0. The second kappa shape index (κ2) is 4.35. The number of aryl methyl sites for hydroxylation is 1. The van der Waals surface area contributed by atoms with Gasteiger partial charge < -0.3 is 5.11 Å². The Bertz CT molecular complexity index is 533. The number of thiazole rings is 1. The van der Waals surface area contributed by atoms with Gasteiger partial charge in [0.2, 0.25) is 5.01 Å². The summed E-state index contributed by atoms with van der Waals surface area (Å²) in [5.41, 5.74) is 1.68. The lowest BCUT2D eigenvalue weighted by Crippen LogP contribution is -1.94. The van der Waals surface area contributed by atoms with E-state index in [0.717, 1.165) is 20.6 Å². The minimum atomic E-state index is -0.975. The Morgan fingerprint density at radius 1 is 1.38 bits per heavy atom. The topological polar surface area (TPSA) is 50.2 Å². The molecule has 0 bridgehead atoms. The molecule has 0 amide bonds. The van der Waals surface area contributed by atoms with Crippen LogP contribution in [0.15, 0.2) is 28.7 Å². The van der Waals surface area contributed by atoms with Crippen molar-refractivity contribution in [3.63, 3.8) is 0 Å². The maximum atomic E-state index is 10.8. The summed E-state index contributed by atoms with van der Waals surface area (Å²) < 4.78 is 0.989. The number of rotatable bonds is 2. The maximum absolute atomic E-state index is 10.8. The van der Waals surface area contributed by atoms with E-state index in [9.17, 15) is 4.79 Å². The molecule has 1 aromatic carbocycles. The summed E-state index contributed by atoms with van der Waals surface area (Å²) in [5, 5.41) is 8.99. The molecule has 1 N–H and O–H groups in total. The number of nitrogens with zero attached hydrogens (tertiary/aromatic N) is 1. The number of carbonyl (C=O) groups is 1. The van der Waals surface area contributed by atoms with Gasteiger partial charge in [0.15, 0.2) is 0 Å². The number of hydrogen-bond donors (Lipinski definition) is 1. The summed E-state index contributed by atoms with van der Waals surface area (Å²) in [5.74, 6) is -0.975. The molecule has 0 saturated carbocycles. The van der Waals surface area contributed by atoms with Gasteiger partial charge in [-0.2, -0.15) is 0 Å². The molecule has 5 heteroatoms. The first-order valence-electron chi connectivity index (χ1n) is 4.54. The molecule has 1 heterocycles. The SMILES string of the molecule is Cc1sc(C(=O)O)nc1-c1ccc(Br)cc1. The van der Waals surface area contributed by atoms with E-state index >= 15 is 0 Å². The minimum absolute atomic E-state index is 0.135. The van der Waals surface area contributed by atoms with E-state index in [1.54, 1.807) is 0 Å². The Morgan fingerprint density at radius 3 is 2.50 bits per heavy atom. The first-order chi connectivity index (χ1) is 7.58. The van der Waals surface area contributed by atoms with Gasteiger partial charge in [0, 0.05) is 14.9 Å². The highest BCUT2D eigenvalue weighted by atomic mass is 79.9. The standard InChI is InChI=1S/C11H8BrNO2S/c1-6-9(13-10(16-6)11(14)15)7-2-4-8(12)5-3-7/h2-5H,1H3,(H,14,15). The number of hydrogen-bond acceptors (Lipinski definition) is 3. The van der Waals surface area contributed by atoms with E-state index in [2.05, 4.69) is 20.9 Å². The fraction of sp³-hybridized carbons (Fsp3) is 0.0909. The van der Waals surface area contributed by atoms with Crippen LogP contribution in [0.2, 0.25) is 0 Å². The molecule has 3 nitrogen and oxygen atoms in total. The second-order valence-electron chi connectivity index (χ2n) is 3.24. The zero-order valence-electron chi connectivity index (χ0n) is 8.40. The van der Waals surface area contributed by atoms with Crippen LogP contribution >= 0.6 is 27.3 Å². The van der Waals surface area contributed by atoms with Gasteiger partial charge in [-0.25, -0.2) is 9.78 Å². The van der Waals surface area contributed by atoms with Crippen LogP contribution in [0.5, 0.6) is 0 Å². The molecular weight excluding hydrogens is 290 g/mol. The molecule has 2 aromatic rings. The molecule has 0 radical (unpaired) electrons. The first kappa shape index (κ1) is 11.3. The Morgan fingerprint density at radius 2 is 2.00 bits per heavy atom. The van der Waals surface area contributed by atoms with Crippen molar-refractivity contribution in [2.75, 3.05) is 0 Å². The van der Waals surface area contributed by atoms with Crippen LogP contribution in [0.3, 0.4) is 0 Å². The quantitative estimate of drug-likeness (QED) is 0.922. The fourth-order valence-corrected chi connectivity index (χ4v) is 2.40. The molecular formula is C11H8BrNO2S.